The van der Waals surface area contributed by atoms with Crippen LogP contribution in [0, 0.1) is 6.92 Å². The number of pyridine rings is 1. The monoisotopic (exact) mass is 262 g/mol. The van der Waals surface area contributed by atoms with Crippen molar-refractivity contribution in [3.05, 3.63) is 41.2 Å². The lowest BCUT2D eigenvalue weighted by molar-refractivity contribution is 0.701. The van der Waals surface area contributed by atoms with Gasteiger partial charge in [-0.15, -0.1) is 0 Å². The van der Waals surface area contributed by atoms with Gasteiger partial charge in [-0.05, 0) is 31.4 Å². The van der Waals surface area contributed by atoms with E-state index in [4.69, 9.17) is 11.6 Å². The Morgan fingerprint density at radius 1 is 1.50 bits per heavy atom. The summed E-state index contributed by atoms with van der Waals surface area (Å²) in [6.45, 7) is 2.75. The van der Waals surface area contributed by atoms with E-state index in [2.05, 4.69) is 19.9 Å². The zero-order valence-corrected chi connectivity index (χ0v) is 11.0. The van der Waals surface area contributed by atoms with Gasteiger partial charge in [0.1, 0.15) is 0 Å². The molecule has 3 rings (SSSR count). The highest BCUT2D eigenvalue weighted by Gasteiger charge is 2.25. The highest BCUT2D eigenvalue weighted by Crippen LogP contribution is 2.35. The van der Waals surface area contributed by atoms with Crippen molar-refractivity contribution in [3.63, 3.8) is 0 Å². The van der Waals surface area contributed by atoms with E-state index in [-0.39, 0.29) is 0 Å². The molecule has 0 atom stereocenters. The van der Waals surface area contributed by atoms with Gasteiger partial charge in [0.15, 0.2) is 5.15 Å². The fourth-order valence-electron chi connectivity index (χ4n) is 2.07. The fraction of sp³-hybridized carbons (Fsp3) is 0.385. The van der Waals surface area contributed by atoms with Gasteiger partial charge in [-0.1, -0.05) is 11.6 Å². The number of nitrogens with zero attached hydrogens (tertiary/aromatic N) is 3. The van der Waals surface area contributed by atoms with Crippen molar-refractivity contribution in [2.45, 2.75) is 32.4 Å². The van der Waals surface area contributed by atoms with E-state index in [9.17, 15) is 0 Å². The van der Waals surface area contributed by atoms with E-state index in [1.54, 1.807) is 6.20 Å². The normalized spacial score (nSPS) is 14.8. The first-order valence-electron chi connectivity index (χ1n) is 6.11. The Hall–Kier alpha value is -1.55. The number of rotatable bonds is 4. The Balaban J connectivity index is 1.76. The lowest BCUT2D eigenvalue weighted by Gasteiger charge is -2.12. The number of imidazole rings is 1. The molecular weight excluding hydrogens is 248 g/mol. The number of anilines is 1. The zero-order chi connectivity index (χ0) is 12.5. The quantitative estimate of drug-likeness (QED) is 0.861. The summed E-state index contributed by atoms with van der Waals surface area (Å²) in [5.41, 5.74) is 3.20. The number of halogens is 1. The molecule has 94 valence electrons. The van der Waals surface area contributed by atoms with Crippen molar-refractivity contribution in [1.29, 1.82) is 0 Å². The Morgan fingerprint density at radius 3 is 3.06 bits per heavy atom. The summed E-state index contributed by atoms with van der Waals surface area (Å²) in [6, 6.07) is 2.60. The first kappa shape index (κ1) is 11.5. The Bertz CT molecular complexity index is 540. The zero-order valence-electron chi connectivity index (χ0n) is 10.2. The molecule has 0 spiro atoms. The summed E-state index contributed by atoms with van der Waals surface area (Å²) in [5.74, 6) is 0. The standard InChI is InChI=1S/C13H15ClN4/c1-9-4-5-16-13(14)12(9)17-7-11-6-15-8-18(11)10-2-3-10/h4-6,8,10,17H,2-3,7H2,1H3. The molecule has 1 saturated carbocycles. The average Bonchev–Trinajstić information content (AvgIpc) is 3.09. The van der Waals surface area contributed by atoms with Crippen LogP contribution in [-0.4, -0.2) is 14.5 Å². The Kier molecular flexibility index (Phi) is 2.96. The molecule has 1 N–H and O–H groups in total. The number of aryl methyl sites for hydroxylation is 1. The first-order valence-corrected chi connectivity index (χ1v) is 6.49. The molecule has 0 aliphatic heterocycles. The molecule has 18 heavy (non-hydrogen) atoms. The number of nitrogens with one attached hydrogen (secondary N) is 1. The molecule has 2 aromatic rings. The van der Waals surface area contributed by atoms with Crippen molar-refractivity contribution < 1.29 is 0 Å². The summed E-state index contributed by atoms with van der Waals surface area (Å²) in [4.78, 5) is 8.31. The lowest BCUT2D eigenvalue weighted by atomic mass is 10.2. The number of hydrogen-bond acceptors (Lipinski definition) is 3. The Morgan fingerprint density at radius 2 is 2.33 bits per heavy atom. The van der Waals surface area contributed by atoms with Crippen molar-refractivity contribution in [2.24, 2.45) is 0 Å². The summed E-state index contributed by atoms with van der Waals surface area (Å²) < 4.78 is 2.24. The van der Waals surface area contributed by atoms with Crippen molar-refractivity contribution in [3.8, 4) is 0 Å². The number of hydrogen-bond donors (Lipinski definition) is 1. The second kappa shape index (κ2) is 4.61. The SMILES string of the molecule is Cc1ccnc(Cl)c1NCc1cncn1C1CC1. The van der Waals surface area contributed by atoms with Crippen LogP contribution in [-0.2, 0) is 6.54 Å². The second-order valence-electron chi connectivity index (χ2n) is 4.67. The van der Waals surface area contributed by atoms with Crippen molar-refractivity contribution in [2.75, 3.05) is 5.32 Å². The van der Waals surface area contributed by atoms with Gasteiger partial charge >= 0.3 is 0 Å². The molecule has 0 saturated heterocycles. The molecule has 0 unspecified atom stereocenters. The maximum absolute atomic E-state index is 6.09. The summed E-state index contributed by atoms with van der Waals surface area (Å²) in [7, 11) is 0. The van der Waals surface area contributed by atoms with Gasteiger partial charge < -0.3 is 9.88 Å². The van der Waals surface area contributed by atoms with E-state index in [0.717, 1.165) is 17.8 Å². The molecule has 4 nitrogen and oxygen atoms in total. The third-order valence-electron chi connectivity index (χ3n) is 3.25. The van der Waals surface area contributed by atoms with Gasteiger partial charge in [0.05, 0.1) is 24.3 Å². The maximum atomic E-state index is 6.09. The van der Waals surface area contributed by atoms with Crippen LogP contribution in [0.1, 0.15) is 30.1 Å². The van der Waals surface area contributed by atoms with Crippen LogP contribution in [0.2, 0.25) is 5.15 Å². The van der Waals surface area contributed by atoms with Crippen LogP contribution in [0.25, 0.3) is 0 Å². The molecule has 0 aromatic carbocycles. The fourth-order valence-corrected chi connectivity index (χ4v) is 2.34. The molecule has 5 heteroatoms. The molecule has 0 bridgehead atoms. The van der Waals surface area contributed by atoms with Gasteiger partial charge in [0.2, 0.25) is 0 Å². The summed E-state index contributed by atoms with van der Waals surface area (Å²) >= 11 is 6.09. The molecule has 1 aliphatic rings. The Labute approximate surface area is 111 Å². The van der Waals surface area contributed by atoms with E-state index < -0.39 is 0 Å². The first-order chi connectivity index (χ1) is 8.75. The molecule has 2 aromatic heterocycles. The smallest absolute Gasteiger partial charge is 0.152 e. The van der Waals surface area contributed by atoms with Crippen LogP contribution in [0.15, 0.2) is 24.8 Å². The highest BCUT2D eigenvalue weighted by atomic mass is 35.5. The lowest BCUT2D eigenvalue weighted by Crippen LogP contribution is -2.07. The maximum Gasteiger partial charge on any atom is 0.152 e. The average molecular weight is 263 g/mol. The van der Waals surface area contributed by atoms with E-state index in [0.29, 0.717) is 11.2 Å². The minimum atomic E-state index is 0.521. The third kappa shape index (κ3) is 2.20. The van der Waals surface area contributed by atoms with Crippen LogP contribution in [0.4, 0.5) is 5.69 Å². The molecule has 1 aliphatic carbocycles. The van der Waals surface area contributed by atoms with E-state index in [1.165, 1.54) is 18.5 Å². The highest BCUT2D eigenvalue weighted by molar-refractivity contribution is 6.32. The molecule has 0 radical (unpaired) electrons. The van der Waals surface area contributed by atoms with Crippen LogP contribution in [0.5, 0.6) is 0 Å². The third-order valence-corrected chi connectivity index (χ3v) is 3.53. The molecular formula is C13H15ClN4. The van der Waals surface area contributed by atoms with Crippen molar-refractivity contribution in [1.82, 2.24) is 14.5 Å². The van der Waals surface area contributed by atoms with Gasteiger partial charge in [-0.25, -0.2) is 9.97 Å². The van der Waals surface area contributed by atoms with Crippen LogP contribution < -0.4 is 5.32 Å². The van der Waals surface area contributed by atoms with Gasteiger partial charge in [-0.3, -0.25) is 0 Å². The predicted molar refractivity (Wildman–Crippen MR) is 71.8 cm³/mol. The molecule has 2 heterocycles. The van der Waals surface area contributed by atoms with Crippen LogP contribution in [0.3, 0.4) is 0 Å². The largest absolute Gasteiger partial charge is 0.377 e. The second-order valence-corrected chi connectivity index (χ2v) is 5.03. The van der Waals surface area contributed by atoms with Crippen LogP contribution >= 0.6 is 11.6 Å². The predicted octanol–water partition coefficient (Wildman–Crippen LogP) is 3.19. The van der Waals surface area contributed by atoms with Gasteiger partial charge in [0, 0.05) is 18.4 Å². The van der Waals surface area contributed by atoms with Gasteiger partial charge in [-0.2, -0.15) is 0 Å². The minimum Gasteiger partial charge on any atom is -0.377 e. The topological polar surface area (TPSA) is 42.7 Å². The number of aromatic nitrogens is 3. The summed E-state index contributed by atoms with van der Waals surface area (Å²) in [5, 5.41) is 3.87. The van der Waals surface area contributed by atoms with E-state index in [1.807, 2.05) is 25.5 Å². The minimum absolute atomic E-state index is 0.521. The summed E-state index contributed by atoms with van der Waals surface area (Å²) in [6.07, 6.45) is 8.06. The molecule has 0 amide bonds. The van der Waals surface area contributed by atoms with E-state index >= 15 is 0 Å². The van der Waals surface area contributed by atoms with Gasteiger partial charge in [0.25, 0.3) is 0 Å². The van der Waals surface area contributed by atoms with Crippen molar-refractivity contribution >= 4 is 17.3 Å². The molecule has 1 fully saturated rings.